The van der Waals surface area contributed by atoms with E-state index in [9.17, 15) is 4.79 Å². The third kappa shape index (κ3) is 3.80. The van der Waals surface area contributed by atoms with Crippen LogP contribution in [0, 0.1) is 6.92 Å². The highest BCUT2D eigenvalue weighted by Crippen LogP contribution is 2.28. The van der Waals surface area contributed by atoms with Gasteiger partial charge in [-0.3, -0.25) is 4.79 Å². The first kappa shape index (κ1) is 18.2. The molecule has 26 heavy (non-hydrogen) atoms. The number of amides is 1. The van der Waals surface area contributed by atoms with Crippen LogP contribution in [0.15, 0.2) is 47.1 Å². The molecule has 0 aliphatic rings. The first-order chi connectivity index (χ1) is 12.5. The monoisotopic (exact) mass is 369 g/mol. The van der Waals surface area contributed by atoms with Crippen LogP contribution in [0.4, 0.5) is 5.69 Å². The minimum Gasteiger partial charge on any atom is -0.462 e. The molecule has 0 bridgehead atoms. The molecule has 0 fully saturated rings. The fraction of sp³-hybridized carbons (Fsp3) is 0.300. The van der Waals surface area contributed by atoms with E-state index in [0.717, 1.165) is 21.1 Å². The standard InChI is InChI=1S/C20H23N3O2S/c1-5-23(13-15-8-10-16(11-9-15)22(3)4)20(24)18-14(2)26-19(21-18)17-7-6-12-25-17/h6-12H,5,13H2,1-4H3. The van der Waals surface area contributed by atoms with Gasteiger partial charge in [0.25, 0.3) is 5.91 Å². The van der Waals surface area contributed by atoms with Gasteiger partial charge in [-0.15, -0.1) is 11.3 Å². The number of aromatic nitrogens is 1. The van der Waals surface area contributed by atoms with Crippen LogP contribution in [0.3, 0.4) is 0 Å². The van der Waals surface area contributed by atoms with Crippen molar-refractivity contribution >= 4 is 22.9 Å². The smallest absolute Gasteiger partial charge is 0.273 e. The van der Waals surface area contributed by atoms with Gasteiger partial charge in [0.15, 0.2) is 10.8 Å². The van der Waals surface area contributed by atoms with E-state index in [1.54, 1.807) is 6.26 Å². The summed E-state index contributed by atoms with van der Waals surface area (Å²) in [5.74, 6) is 0.648. The Balaban J connectivity index is 1.78. The first-order valence-electron chi connectivity index (χ1n) is 8.56. The second kappa shape index (κ2) is 7.74. The third-order valence-electron chi connectivity index (χ3n) is 4.23. The van der Waals surface area contributed by atoms with Gasteiger partial charge in [-0.1, -0.05) is 12.1 Å². The molecular formula is C20H23N3O2S. The lowest BCUT2D eigenvalue weighted by molar-refractivity contribution is 0.0747. The average molecular weight is 369 g/mol. The zero-order valence-corrected chi connectivity index (χ0v) is 16.3. The van der Waals surface area contributed by atoms with E-state index >= 15 is 0 Å². The second-order valence-electron chi connectivity index (χ2n) is 6.28. The lowest BCUT2D eigenvalue weighted by Crippen LogP contribution is -2.31. The third-order valence-corrected chi connectivity index (χ3v) is 5.21. The van der Waals surface area contributed by atoms with Crippen LogP contribution in [-0.4, -0.2) is 36.4 Å². The van der Waals surface area contributed by atoms with Crippen molar-refractivity contribution in [2.75, 3.05) is 25.5 Å². The number of carbonyl (C=O) groups excluding carboxylic acids is 1. The first-order valence-corrected chi connectivity index (χ1v) is 9.38. The van der Waals surface area contributed by atoms with E-state index in [-0.39, 0.29) is 5.91 Å². The predicted octanol–water partition coefficient (Wildman–Crippen LogP) is 4.44. The van der Waals surface area contributed by atoms with Crippen LogP contribution in [0.2, 0.25) is 0 Å². The summed E-state index contributed by atoms with van der Waals surface area (Å²) >= 11 is 1.48. The van der Waals surface area contributed by atoms with Crippen LogP contribution >= 0.6 is 11.3 Å². The number of furan rings is 1. The number of aryl methyl sites for hydroxylation is 1. The predicted molar refractivity (Wildman–Crippen MR) is 106 cm³/mol. The highest BCUT2D eigenvalue weighted by atomic mass is 32.1. The average Bonchev–Trinajstić information content (AvgIpc) is 3.29. The molecule has 3 aromatic rings. The van der Waals surface area contributed by atoms with E-state index in [4.69, 9.17) is 4.42 Å². The van der Waals surface area contributed by atoms with Crippen LogP contribution in [0.1, 0.15) is 27.9 Å². The quantitative estimate of drug-likeness (QED) is 0.644. The van der Waals surface area contributed by atoms with Crippen molar-refractivity contribution in [3.8, 4) is 10.8 Å². The molecule has 136 valence electrons. The van der Waals surface area contributed by atoms with Crippen molar-refractivity contribution in [2.45, 2.75) is 20.4 Å². The number of benzene rings is 1. The van der Waals surface area contributed by atoms with E-state index in [0.29, 0.717) is 24.5 Å². The largest absolute Gasteiger partial charge is 0.462 e. The van der Waals surface area contributed by atoms with E-state index < -0.39 is 0 Å². The lowest BCUT2D eigenvalue weighted by Gasteiger charge is -2.21. The van der Waals surface area contributed by atoms with Crippen LogP contribution in [0.5, 0.6) is 0 Å². The summed E-state index contributed by atoms with van der Waals surface area (Å²) < 4.78 is 5.40. The maximum Gasteiger partial charge on any atom is 0.273 e. The van der Waals surface area contributed by atoms with Gasteiger partial charge in [0, 0.05) is 37.7 Å². The summed E-state index contributed by atoms with van der Waals surface area (Å²) in [6, 6.07) is 11.9. The molecule has 0 N–H and O–H groups in total. The molecule has 0 atom stereocenters. The van der Waals surface area contributed by atoms with Crippen LogP contribution < -0.4 is 4.90 Å². The topological polar surface area (TPSA) is 49.6 Å². The molecule has 6 heteroatoms. The zero-order chi connectivity index (χ0) is 18.7. The Kier molecular flexibility index (Phi) is 5.42. The summed E-state index contributed by atoms with van der Waals surface area (Å²) in [6.45, 7) is 5.11. The Morgan fingerprint density at radius 2 is 1.92 bits per heavy atom. The molecule has 0 aliphatic carbocycles. The van der Waals surface area contributed by atoms with Gasteiger partial charge in [0.05, 0.1) is 6.26 Å². The van der Waals surface area contributed by atoms with Crippen LogP contribution in [-0.2, 0) is 6.54 Å². The number of thiazole rings is 1. The molecule has 5 nitrogen and oxygen atoms in total. The molecule has 2 aromatic heterocycles. The van der Waals surface area contributed by atoms with E-state index in [2.05, 4.69) is 34.1 Å². The molecule has 2 heterocycles. The second-order valence-corrected chi connectivity index (χ2v) is 7.48. The molecular weight excluding hydrogens is 346 g/mol. The minimum absolute atomic E-state index is 0.0456. The van der Waals surface area contributed by atoms with Gasteiger partial charge in [0.2, 0.25) is 0 Å². The van der Waals surface area contributed by atoms with Gasteiger partial charge in [0.1, 0.15) is 5.69 Å². The summed E-state index contributed by atoms with van der Waals surface area (Å²) in [5, 5.41) is 0.738. The zero-order valence-electron chi connectivity index (χ0n) is 15.5. The number of nitrogens with zero attached hydrogens (tertiary/aromatic N) is 3. The lowest BCUT2D eigenvalue weighted by atomic mass is 10.1. The van der Waals surface area contributed by atoms with Crippen molar-refractivity contribution in [1.29, 1.82) is 0 Å². The van der Waals surface area contributed by atoms with Crippen LogP contribution in [0.25, 0.3) is 10.8 Å². The molecule has 0 saturated carbocycles. The molecule has 0 unspecified atom stereocenters. The molecule has 1 amide bonds. The molecule has 0 saturated heterocycles. The maximum atomic E-state index is 13.0. The Labute approximate surface area is 157 Å². The number of hydrogen-bond acceptors (Lipinski definition) is 5. The number of hydrogen-bond donors (Lipinski definition) is 0. The maximum absolute atomic E-state index is 13.0. The van der Waals surface area contributed by atoms with E-state index in [1.165, 1.54) is 11.3 Å². The molecule has 0 radical (unpaired) electrons. The fourth-order valence-electron chi connectivity index (χ4n) is 2.70. The summed E-state index contributed by atoms with van der Waals surface area (Å²) in [6.07, 6.45) is 1.61. The highest BCUT2D eigenvalue weighted by molar-refractivity contribution is 7.15. The normalized spacial score (nSPS) is 10.8. The molecule has 3 rings (SSSR count). The van der Waals surface area contributed by atoms with Crippen molar-refractivity contribution in [2.24, 2.45) is 0 Å². The molecule has 1 aromatic carbocycles. The van der Waals surface area contributed by atoms with Gasteiger partial charge >= 0.3 is 0 Å². The van der Waals surface area contributed by atoms with Gasteiger partial charge in [-0.25, -0.2) is 4.98 Å². The molecule has 0 aliphatic heterocycles. The highest BCUT2D eigenvalue weighted by Gasteiger charge is 2.22. The number of carbonyl (C=O) groups is 1. The van der Waals surface area contributed by atoms with Crippen molar-refractivity contribution < 1.29 is 9.21 Å². The Morgan fingerprint density at radius 1 is 1.19 bits per heavy atom. The van der Waals surface area contributed by atoms with Gasteiger partial charge in [-0.05, 0) is 43.7 Å². The molecule has 0 spiro atoms. The SMILES string of the molecule is CCN(Cc1ccc(N(C)C)cc1)C(=O)c1nc(-c2ccco2)sc1C. The van der Waals surface area contributed by atoms with Gasteiger partial charge < -0.3 is 14.2 Å². The number of anilines is 1. The fourth-order valence-corrected chi connectivity index (χ4v) is 3.57. The van der Waals surface area contributed by atoms with Crippen molar-refractivity contribution in [3.63, 3.8) is 0 Å². The van der Waals surface area contributed by atoms with E-state index in [1.807, 2.05) is 45.0 Å². The Morgan fingerprint density at radius 3 is 2.50 bits per heavy atom. The number of rotatable bonds is 6. The van der Waals surface area contributed by atoms with Crippen molar-refractivity contribution in [3.05, 3.63) is 58.8 Å². The Hall–Kier alpha value is -2.60. The Bertz CT molecular complexity index is 867. The summed E-state index contributed by atoms with van der Waals surface area (Å²) in [4.78, 5) is 22.3. The minimum atomic E-state index is -0.0456. The van der Waals surface area contributed by atoms with Gasteiger partial charge in [-0.2, -0.15) is 0 Å². The summed E-state index contributed by atoms with van der Waals surface area (Å²) in [5.41, 5.74) is 2.75. The summed E-state index contributed by atoms with van der Waals surface area (Å²) in [7, 11) is 4.02. The van der Waals surface area contributed by atoms with Crippen molar-refractivity contribution in [1.82, 2.24) is 9.88 Å².